The van der Waals surface area contributed by atoms with E-state index in [1.807, 2.05) is 0 Å². The number of fused-ring (bicyclic) bond motifs is 5. The molecule has 3 heterocycles. The van der Waals surface area contributed by atoms with Crippen LogP contribution in [0.5, 0.6) is 0 Å². The molecule has 1 amide bonds. The molecule has 2 aromatic rings. The quantitative estimate of drug-likeness (QED) is 0.786. The van der Waals surface area contributed by atoms with Gasteiger partial charge in [-0.2, -0.15) is 0 Å². The van der Waals surface area contributed by atoms with Crippen LogP contribution in [0.4, 0.5) is 8.78 Å². The molecule has 0 bridgehead atoms. The van der Waals surface area contributed by atoms with Crippen molar-refractivity contribution in [3.8, 4) is 0 Å². The maximum atomic E-state index is 14.5. The number of carbonyl (C=O) groups is 1. The number of carbonyl (C=O) groups excluding carboxylic acids is 1. The van der Waals surface area contributed by atoms with E-state index in [0.717, 1.165) is 24.1 Å². The molecule has 20 heavy (non-hydrogen) atoms. The van der Waals surface area contributed by atoms with Gasteiger partial charge < -0.3 is 9.88 Å². The third-order valence-electron chi connectivity index (χ3n) is 4.40. The largest absolute Gasteiger partial charge is 0.356 e. The van der Waals surface area contributed by atoms with Crippen LogP contribution in [0.25, 0.3) is 10.9 Å². The Morgan fingerprint density at radius 3 is 3.05 bits per heavy atom. The van der Waals surface area contributed by atoms with Crippen molar-refractivity contribution in [2.45, 2.75) is 31.5 Å². The van der Waals surface area contributed by atoms with Gasteiger partial charge in [0.15, 0.2) is 0 Å². The highest BCUT2D eigenvalue weighted by molar-refractivity contribution is 5.87. The lowest BCUT2D eigenvalue weighted by Gasteiger charge is -2.40. The normalized spacial score (nSPS) is 25.7. The monoisotopic (exact) mass is 276 g/mol. The van der Waals surface area contributed by atoms with Crippen LogP contribution in [0.2, 0.25) is 0 Å². The van der Waals surface area contributed by atoms with Gasteiger partial charge in [-0.3, -0.25) is 4.79 Å². The summed E-state index contributed by atoms with van der Waals surface area (Å²) < 4.78 is 27.9. The number of hydrogen-bond acceptors (Lipinski definition) is 1. The summed E-state index contributed by atoms with van der Waals surface area (Å²) >= 11 is 0. The second kappa shape index (κ2) is 4.04. The predicted octanol–water partition coefficient (Wildman–Crippen LogP) is 3.38. The number of amides is 1. The molecule has 104 valence electrons. The number of piperidine rings is 1. The van der Waals surface area contributed by atoms with E-state index in [1.165, 1.54) is 12.1 Å². The third-order valence-corrected chi connectivity index (χ3v) is 4.40. The van der Waals surface area contributed by atoms with Crippen LogP contribution in [-0.2, 0) is 4.79 Å². The van der Waals surface area contributed by atoms with Gasteiger partial charge in [-0.25, -0.2) is 8.78 Å². The predicted molar refractivity (Wildman–Crippen MR) is 70.4 cm³/mol. The Balaban J connectivity index is 1.94. The Bertz CT molecular complexity index is 709. The first-order chi connectivity index (χ1) is 9.65. The summed E-state index contributed by atoms with van der Waals surface area (Å²) in [5.41, 5.74) is 2.02. The highest BCUT2D eigenvalue weighted by atomic mass is 19.1. The molecular weight excluding hydrogens is 262 g/mol. The maximum absolute atomic E-state index is 14.5. The van der Waals surface area contributed by atoms with Gasteiger partial charge in [-0.1, -0.05) is 0 Å². The smallest absolute Gasteiger partial charge is 0.223 e. The Morgan fingerprint density at radius 2 is 2.20 bits per heavy atom. The minimum absolute atomic E-state index is 0.0133. The van der Waals surface area contributed by atoms with E-state index in [-0.39, 0.29) is 24.3 Å². The van der Waals surface area contributed by atoms with Crippen molar-refractivity contribution >= 4 is 16.8 Å². The Morgan fingerprint density at radius 1 is 1.35 bits per heavy atom. The van der Waals surface area contributed by atoms with E-state index in [0.29, 0.717) is 17.4 Å². The summed E-state index contributed by atoms with van der Waals surface area (Å²) in [4.78, 5) is 16.8. The molecule has 2 aliphatic heterocycles. The van der Waals surface area contributed by atoms with Gasteiger partial charge in [-0.05, 0) is 31.0 Å². The van der Waals surface area contributed by atoms with Crippen LogP contribution in [-0.4, -0.2) is 22.3 Å². The molecule has 0 aliphatic carbocycles. The van der Waals surface area contributed by atoms with Crippen LogP contribution in [0.15, 0.2) is 18.2 Å². The molecule has 0 radical (unpaired) electrons. The van der Waals surface area contributed by atoms with Crippen molar-refractivity contribution in [3.05, 3.63) is 35.3 Å². The number of halogens is 2. The van der Waals surface area contributed by atoms with Gasteiger partial charge in [0, 0.05) is 28.6 Å². The van der Waals surface area contributed by atoms with Crippen molar-refractivity contribution in [2.75, 3.05) is 6.54 Å². The Hall–Kier alpha value is -1.91. The zero-order valence-electron chi connectivity index (χ0n) is 10.8. The molecular formula is C15H14F2N2O. The number of aromatic nitrogens is 1. The highest BCUT2D eigenvalue weighted by Crippen LogP contribution is 2.44. The van der Waals surface area contributed by atoms with Gasteiger partial charge in [0.1, 0.15) is 12.0 Å². The van der Waals surface area contributed by atoms with Crippen molar-refractivity contribution in [2.24, 2.45) is 0 Å². The van der Waals surface area contributed by atoms with Gasteiger partial charge in [-0.15, -0.1) is 0 Å². The standard InChI is InChI=1S/C15H14F2N2O/c16-8-4-5-11-9(6-8)14-10(17)7-19-12(15(14)18-11)2-1-3-13(19)20/h4-6,10,12,18H,1-3,7H2. The van der Waals surface area contributed by atoms with Crippen LogP contribution in [0, 0.1) is 5.82 Å². The zero-order valence-corrected chi connectivity index (χ0v) is 10.8. The summed E-state index contributed by atoms with van der Waals surface area (Å²) in [6.07, 6.45) is 0.896. The van der Waals surface area contributed by atoms with E-state index in [9.17, 15) is 13.6 Å². The lowest BCUT2D eigenvalue weighted by molar-refractivity contribution is -0.138. The topological polar surface area (TPSA) is 36.1 Å². The summed E-state index contributed by atoms with van der Waals surface area (Å²) in [5, 5.41) is 0.602. The lowest BCUT2D eigenvalue weighted by atomic mass is 9.89. The molecule has 0 saturated carbocycles. The summed E-state index contributed by atoms with van der Waals surface area (Å²) in [7, 11) is 0. The van der Waals surface area contributed by atoms with Crippen LogP contribution in [0.3, 0.4) is 0 Å². The average Bonchev–Trinajstić information content (AvgIpc) is 2.79. The van der Waals surface area contributed by atoms with E-state index in [1.54, 1.807) is 11.0 Å². The SMILES string of the molecule is O=C1CCCC2c3[nH]c4ccc(F)cc4c3C(F)CN12. The first-order valence-electron chi connectivity index (χ1n) is 6.89. The summed E-state index contributed by atoms with van der Waals surface area (Å²) in [6, 6.07) is 4.28. The number of hydrogen-bond donors (Lipinski definition) is 1. The second-order valence-electron chi connectivity index (χ2n) is 5.56. The molecule has 5 heteroatoms. The van der Waals surface area contributed by atoms with Gasteiger partial charge in [0.05, 0.1) is 12.6 Å². The minimum atomic E-state index is -1.25. The summed E-state index contributed by atoms with van der Waals surface area (Å²) in [6.45, 7) is 0.0833. The number of nitrogens with zero attached hydrogens (tertiary/aromatic N) is 1. The van der Waals surface area contributed by atoms with Crippen LogP contribution >= 0.6 is 0 Å². The molecule has 2 aliphatic rings. The van der Waals surface area contributed by atoms with E-state index < -0.39 is 6.17 Å². The molecule has 1 saturated heterocycles. The van der Waals surface area contributed by atoms with Gasteiger partial charge in [0.25, 0.3) is 0 Å². The highest BCUT2D eigenvalue weighted by Gasteiger charge is 2.40. The molecule has 3 nitrogen and oxygen atoms in total. The number of rotatable bonds is 0. The lowest BCUT2D eigenvalue weighted by Crippen LogP contribution is -2.43. The fraction of sp³-hybridized carbons (Fsp3) is 0.400. The van der Waals surface area contributed by atoms with Crippen molar-refractivity contribution in [1.82, 2.24) is 9.88 Å². The molecule has 1 aromatic carbocycles. The molecule has 4 rings (SSSR count). The molecule has 1 N–H and O–H groups in total. The number of nitrogens with one attached hydrogen (secondary N) is 1. The number of aromatic amines is 1. The number of alkyl halides is 1. The van der Waals surface area contributed by atoms with E-state index in [2.05, 4.69) is 4.98 Å². The van der Waals surface area contributed by atoms with Crippen LogP contribution in [0.1, 0.15) is 42.7 Å². The average molecular weight is 276 g/mol. The molecule has 2 atom stereocenters. The Kier molecular flexibility index (Phi) is 2.40. The van der Waals surface area contributed by atoms with E-state index >= 15 is 0 Å². The fourth-order valence-corrected chi connectivity index (χ4v) is 3.52. The van der Waals surface area contributed by atoms with Gasteiger partial charge in [0.2, 0.25) is 5.91 Å². The van der Waals surface area contributed by atoms with Crippen molar-refractivity contribution < 1.29 is 13.6 Å². The maximum Gasteiger partial charge on any atom is 0.223 e. The van der Waals surface area contributed by atoms with Crippen molar-refractivity contribution in [3.63, 3.8) is 0 Å². The first kappa shape index (κ1) is 11.9. The van der Waals surface area contributed by atoms with Crippen LogP contribution < -0.4 is 0 Å². The zero-order chi connectivity index (χ0) is 13.9. The fourth-order valence-electron chi connectivity index (χ4n) is 3.52. The van der Waals surface area contributed by atoms with E-state index in [4.69, 9.17) is 0 Å². The van der Waals surface area contributed by atoms with Crippen molar-refractivity contribution in [1.29, 1.82) is 0 Å². The number of benzene rings is 1. The molecule has 0 spiro atoms. The van der Waals surface area contributed by atoms with Gasteiger partial charge >= 0.3 is 0 Å². The molecule has 1 fully saturated rings. The minimum Gasteiger partial charge on any atom is -0.356 e. The second-order valence-corrected chi connectivity index (χ2v) is 5.56. The molecule has 2 unspecified atom stereocenters. The Labute approximate surface area is 114 Å². The molecule has 1 aromatic heterocycles. The third kappa shape index (κ3) is 1.52. The summed E-state index contributed by atoms with van der Waals surface area (Å²) in [5.74, 6) is -0.354. The first-order valence-corrected chi connectivity index (χ1v) is 6.89. The number of H-pyrrole nitrogens is 1.